The van der Waals surface area contributed by atoms with Crippen LogP contribution in [0.25, 0.3) is 11.8 Å². The van der Waals surface area contributed by atoms with Crippen LogP contribution in [0.3, 0.4) is 0 Å². The molecule has 0 radical (unpaired) electrons. The Bertz CT molecular complexity index is 1300. The number of hydrogen-bond donors (Lipinski definition) is 0. The maximum Gasteiger partial charge on any atom is 0.293 e. The van der Waals surface area contributed by atoms with Crippen LogP contribution in [0.1, 0.15) is 33.6 Å². The van der Waals surface area contributed by atoms with Crippen molar-refractivity contribution in [3.63, 3.8) is 0 Å². The van der Waals surface area contributed by atoms with Gasteiger partial charge in [0.25, 0.3) is 11.1 Å². The number of carbonyl (C=O) groups excluding carboxylic acids is 2. The number of carbonyl (C=O) groups is 2. The van der Waals surface area contributed by atoms with Crippen LogP contribution in [0.5, 0.6) is 5.75 Å². The summed E-state index contributed by atoms with van der Waals surface area (Å²) in [6.45, 7) is 10.7. The molecule has 1 aliphatic rings. The van der Waals surface area contributed by atoms with Crippen LogP contribution in [-0.2, 0) is 4.79 Å². The lowest BCUT2D eigenvalue weighted by Gasteiger charge is -2.14. The standard InChI is InChI=1S/C27H27BrN2O3S/c1-16-7-6-8-23(11-16)33-10-9-29-26(31)24(34-27(29)32)15-21-14-19(4)30(20(21)5)22-12-17(2)25(28)18(3)13-22/h6-8,11-15H,9-10H2,1-5H3/b24-15-. The molecule has 1 aromatic heterocycles. The quantitative estimate of drug-likeness (QED) is 0.320. The normalized spacial score (nSPS) is 15.0. The van der Waals surface area contributed by atoms with Crippen molar-refractivity contribution in [2.75, 3.05) is 13.2 Å². The Kier molecular flexibility index (Phi) is 7.05. The number of aromatic nitrogens is 1. The van der Waals surface area contributed by atoms with Crippen molar-refractivity contribution >= 4 is 44.9 Å². The van der Waals surface area contributed by atoms with E-state index in [1.54, 1.807) is 0 Å². The molecule has 0 bridgehead atoms. The average molecular weight is 539 g/mol. The summed E-state index contributed by atoms with van der Waals surface area (Å²) in [4.78, 5) is 27.2. The molecule has 1 aliphatic heterocycles. The third-order valence-electron chi connectivity index (χ3n) is 5.88. The zero-order valence-electron chi connectivity index (χ0n) is 19.9. The van der Waals surface area contributed by atoms with Gasteiger partial charge >= 0.3 is 0 Å². The Hall–Kier alpha value is -2.77. The minimum atomic E-state index is -0.275. The van der Waals surface area contributed by atoms with E-state index in [1.807, 2.05) is 51.1 Å². The van der Waals surface area contributed by atoms with Gasteiger partial charge in [0.15, 0.2) is 0 Å². The smallest absolute Gasteiger partial charge is 0.293 e. The predicted octanol–water partition coefficient (Wildman–Crippen LogP) is 6.90. The topological polar surface area (TPSA) is 51.5 Å². The first-order valence-electron chi connectivity index (χ1n) is 11.1. The molecule has 176 valence electrons. The number of halogens is 1. The summed E-state index contributed by atoms with van der Waals surface area (Å²) >= 11 is 4.61. The van der Waals surface area contributed by atoms with Crippen LogP contribution < -0.4 is 4.74 Å². The van der Waals surface area contributed by atoms with E-state index in [4.69, 9.17) is 4.74 Å². The van der Waals surface area contributed by atoms with Gasteiger partial charge in [0.05, 0.1) is 11.4 Å². The molecular formula is C27H27BrN2O3S. The molecule has 0 saturated carbocycles. The van der Waals surface area contributed by atoms with Crippen molar-refractivity contribution in [3.8, 4) is 11.4 Å². The molecule has 2 aromatic carbocycles. The molecule has 0 spiro atoms. The van der Waals surface area contributed by atoms with Crippen LogP contribution in [0.15, 0.2) is 51.8 Å². The van der Waals surface area contributed by atoms with Gasteiger partial charge in [-0.15, -0.1) is 0 Å². The molecule has 34 heavy (non-hydrogen) atoms. The second-order valence-corrected chi connectivity index (χ2v) is 10.3. The third-order valence-corrected chi connectivity index (χ3v) is 8.04. The lowest BCUT2D eigenvalue weighted by atomic mass is 10.1. The summed E-state index contributed by atoms with van der Waals surface area (Å²) in [5.41, 5.74) is 7.52. The number of nitrogens with zero attached hydrogens (tertiary/aromatic N) is 2. The Labute approximate surface area is 212 Å². The first kappa shape index (κ1) is 24.4. The average Bonchev–Trinajstić information content (AvgIpc) is 3.20. The van der Waals surface area contributed by atoms with E-state index in [0.717, 1.165) is 61.3 Å². The second-order valence-electron chi connectivity index (χ2n) is 8.55. The molecule has 5 nitrogen and oxygen atoms in total. The molecule has 2 heterocycles. The Morgan fingerprint density at radius 1 is 1.00 bits per heavy atom. The highest BCUT2D eigenvalue weighted by Gasteiger charge is 2.35. The molecule has 7 heteroatoms. The number of hydrogen-bond acceptors (Lipinski definition) is 4. The van der Waals surface area contributed by atoms with Gasteiger partial charge in [-0.3, -0.25) is 14.5 Å². The Morgan fingerprint density at radius 2 is 1.71 bits per heavy atom. The minimum absolute atomic E-state index is 0.215. The molecular weight excluding hydrogens is 512 g/mol. The monoisotopic (exact) mass is 538 g/mol. The Balaban J connectivity index is 1.53. The number of thioether (sulfide) groups is 1. The van der Waals surface area contributed by atoms with Crippen molar-refractivity contribution in [2.24, 2.45) is 0 Å². The van der Waals surface area contributed by atoms with E-state index in [2.05, 4.69) is 52.5 Å². The van der Waals surface area contributed by atoms with Crippen LogP contribution in [-0.4, -0.2) is 33.8 Å². The predicted molar refractivity (Wildman–Crippen MR) is 142 cm³/mol. The van der Waals surface area contributed by atoms with Crippen molar-refractivity contribution in [1.29, 1.82) is 0 Å². The van der Waals surface area contributed by atoms with Crippen LogP contribution >= 0.6 is 27.7 Å². The molecule has 0 atom stereocenters. The van der Waals surface area contributed by atoms with Gasteiger partial charge in [-0.2, -0.15) is 0 Å². The van der Waals surface area contributed by atoms with Crippen molar-refractivity contribution in [1.82, 2.24) is 9.47 Å². The van der Waals surface area contributed by atoms with Gasteiger partial charge in [-0.25, -0.2) is 0 Å². The number of aryl methyl sites for hydroxylation is 4. The fraction of sp³-hybridized carbons (Fsp3) is 0.259. The zero-order valence-corrected chi connectivity index (χ0v) is 22.3. The van der Waals surface area contributed by atoms with Gasteiger partial charge in [0.2, 0.25) is 0 Å². The van der Waals surface area contributed by atoms with Gasteiger partial charge in [-0.1, -0.05) is 28.1 Å². The maximum absolute atomic E-state index is 13.0. The van der Waals surface area contributed by atoms with Crippen LogP contribution in [0, 0.1) is 34.6 Å². The van der Waals surface area contributed by atoms with Crippen LogP contribution in [0.4, 0.5) is 4.79 Å². The highest BCUT2D eigenvalue weighted by atomic mass is 79.9. The summed E-state index contributed by atoms with van der Waals surface area (Å²) in [6.07, 6.45) is 1.82. The van der Waals surface area contributed by atoms with Crippen molar-refractivity contribution in [2.45, 2.75) is 34.6 Å². The summed E-state index contributed by atoms with van der Waals surface area (Å²) in [5, 5.41) is -0.267. The summed E-state index contributed by atoms with van der Waals surface area (Å²) in [5.74, 6) is 0.455. The SMILES string of the molecule is Cc1cccc(OCCN2C(=O)S/C(=C\c3cc(C)n(-c4cc(C)c(Br)c(C)c4)c3C)C2=O)c1. The molecule has 3 aromatic rings. The third kappa shape index (κ3) is 4.86. The lowest BCUT2D eigenvalue weighted by Crippen LogP contribution is -2.32. The number of imide groups is 1. The first-order chi connectivity index (χ1) is 16.2. The minimum Gasteiger partial charge on any atom is -0.492 e. The molecule has 1 saturated heterocycles. The number of ether oxygens (including phenoxy) is 1. The largest absolute Gasteiger partial charge is 0.492 e. The molecule has 1 fully saturated rings. The highest BCUT2D eigenvalue weighted by Crippen LogP contribution is 2.34. The first-order valence-corrected chi connectivity index (χ1v) is 12.7. The van der Waals surface area contributed by atoms with E-state index in [1.165, 1.54) is 4.90 Å². The maximum atomic E-state index is 13.0. The van der Waals surface area contributed by atoms with Gasteiger partial charge < -0.3 is 9.30 Å². The van der Waals surface area contributed by atoms with Crippen LogP contribution in [0.2, 0.25) is 0 Å². The number of benzene rings is 2. The van der Waals surface area contributed by atoms with E-state index in [-0.39, 0.29) is 24.3 Å². The lowest BCUT2D eigenvalue weighted by molar-refractivity contribution is -0.123. The van der Waals surface area contributed by atoms with Crippen molar-refractivity contribution in [3.05, 3.63) is 85.5 Å². The van der Waals surface area contributed by atoms with Gasteiger partial charge in [-0.05, 0) is 105 Å². The van der Waals surface area contributed by atoms with E-state index in [0.29, 0.717) is 4.91 Å². The van der Waals surface area contributed by atoms with Gasteiger partial charge in [0, 0.05) is 21.5 Å². The van der Waals surface area contributed by atoms with Gasteiger partial charge in [0.1, 0.15) is 12.4 Å². The molecule has 0 N–H and O–H groups in total. The zero-order chi connectivity index (χ0) is 24.6. The fourth-order valence-corrected chi connectivity index (χ4v) is 5.26. The van der Waals surface area contributed by atoms with Crippen molar-refractivity contribution < 1.29 is 14.3 Å². The highest BCUT2D eigenvalue weighted by molar-refractivity contribution is 9.10. The molecule has 2 amide bonds. The second kappa shape index (κ2) is 9.84. The molecule has 4 rings (SSSR count). The van der Waals surface area contributed by atoms with E-state index < -0.39 is 0 Å². The number of amides is 2. The van der Waals surface area contributed by atoms with E-state index in [9.17, 15) is 9.59 Å². The summed E-state index contributed by atoms with van der Waals surface area (Å²) in [6, 6.07) is 14.0. The number of rotatable bonds is 6. The molecule has 0 unspecified atom stereocenters. The summed E-state index contributed by atoms with van der Waals surface area (Å²) in [7, 11) is 0. The fourth-order valence-electron chi connectivity index (χ4n) is 4.18. The van der Waals surface area contributed by atoms with E-state index >= 15 is 0 Å². The summed E-state index contributed by atoms with van der Waals surface area (Å²) < 4.78 is 9.02. The molecule has 0 aliphatic carbocycles. The Morgan fingerprint density at radius 3 is 2.38 bits per heavy atom.